The van der Waals surface area contributed by atoms with E-state index in [-0.39, 0.29) is 5.91 Å². The number of nitrogens with one attached hydrogen (secondary N) is 1. The molecule has 1 aromatic heterocycles. The van der Waals surface area contributed by atoms with Crippen molar-refractivity contribution in [1.29, 1.82) is 0 Å². The number of amides is 1. The fraction of sp³-hybridized carbons (Fsp3) is 0.250. The van der Waals surface area contributed by atoms with Crippen LogP contribution in [0.15, 0.2) is 60.0 Å². The zero-order chi connectivity index (χ0) is 18.4. The molecular formula is C20H22N4OS. The fourth-order valence-electron chi connectivity index (χ4n) is 2.74. The summed E-state index contributed by atoms with van der Waals surface area (Å²) in [5.41, 5.74) is 4.62. The molecule has 5 nitrogen and oxygen atoms in total. The summed E-state index contributed by atoms with van der Waals surface area (Å²) < 4.78 is 1.93. The van der Waals surface area contributed by atoms with Gasteiger partial charge >= 0.3 is 0 Å². The largest absolute Gasteiger partial charge is 0.355 e. The number of benzene rings is 2. The summed E-state index contributed by atoms with van der Waals surface area (Å²) >= 11 is 1.39. The molecule has 1 amide bonds. The molecule has 0 aliphatic rings. The lowest BCUT2D eigenvalue weighted by molar-refractivity contribution is -0.118. The maximum atomic E-state index is 12.1. The van der Waals surface area contributed by atoms with Gasteiger partial charge in [-0.3, -0.25) is 9.36 Å². The number of aryl methyl sites for hydroxylation is 2. The quantitative estimate of drug-likeness (QED) is 0.652. The van der Waals surface area contributed by atoms with E-state index in [1.54, 1.807) is 6.33 Å². The van der Waals surface area contributed by atoms with Crippen molar-refractivity contribution in [3.8, 4) is 5.69 Å². The van der Waals surface area contributed by atoms with Crippen LogP contribution in [-0.4, -0.2) is 33.0 Å². The number of thioether (sulfide) groups is 1. The molecule has 3 rings (SSSR count). The van der Waals surface area contributed by atoms with Gasteiger partial charge in [-0.1, -0.05) is 59.8 Å². The summed E-state index contributed by atoms with van der Waals surface area (Å²) in [5.74, 6) is 0.319. The Balaban J connectivity index is 1.54. The fourth-order valence-corrected chi connectivity index (χ4v) is 3.49. The molecule has 0 aliphatic carbocycles. The van der Waals surface area contributed by atoms with Gasteiger partial charge in [-0.25, -0.2) is 0 Å². The molecule has 0 bridgehead atoms. The van der Waals surface area contributed by atoms with Crippen molar-refractivity contribution in [1.82, 2.24) is 20.1 Å². The zero-order valence-electron chi connectivity index (χ0n) is 15.0. The van der Waals surface area contributed by atoms with Gasteiger partial charge in [0, 0.05) is 6.54 Å². The van der Waals surface area contributed by atoms with Crippen LogP contribution in [0.4, 0.5) is 0 Å². The topological polar surface area (TPSA) is 59.8 Å². The van der Waals surface area contributed by atoms with Crippen molar-refractivity contribution in [3.63, 3.8) is 0 Å². The second kappa shape index (κ2) is 8.67. The maximum Gasteiger partial charge on any atom is 0.230 e. The molecule has 3 aromatic rings. The van der Waals surface area contributed by atoms with E-state index in [0.29, 0.717) is 12.3 Å². The van der Waals surface area contributed by atoms with Gasteiger partial charge in [0.15, 0.2) is 5.16 Å². The maximum absolute atomic E-state index is 12.1. The standard InChI is InChI=1S/C20H22N4OS/c1-15-8-9-18(16(2)12-15)24-14-22-23-20(24)26-13-19(25)21-11-10-17-6-4-3-5-7-17/h3-9,12,14H,10-11,13H2,1-2H3,(H,21,25). The number of hydrogen-bond acceptors (Lipinski definition) is 4. The second-order valence-electron chi connectivity index (χ2n) is 6.15. The Bertz CT molecular complexity index is 877. The van der Waals surface area contributed by atoms with Gasteiger partial charge in [0.1, 0.15) is 6.33 Å². The highest BCUT2D eigenvalue weighted by molar-refractivity contribution is 7.99. The average Bonchev–Trinajstić information content (AvgIpc) is 3.09. The van der Waals surface area contributed by atoms with Gasteiger partial charge in [-0.2, -0.15) is 0 Å². The van der Waals surface area contributed by atoms with E-state index < -0.39 is 0 Å². The predicted octanol–water partition coefficient (Wildman–Crippen LogP) is 3.34. The second-order valence-corrected chi connectivity index (χ2v) is 7.09. The van der Waals surface area contributed by atoms with Gasteiger partial charge in [-0.05, 0) is 37.5 Å². The first kappa shape index (κ1) is 18.2. The molecule has 0 aliphatic heterocycles. The van der Waals surface area contributed by atoms with E-state index in [1.807, 2.05) is 22.8 Å². The minimum absolute atomic E-state index is 0.00103. The monoisotopic (exact) mass is 366 g/mol. The first-order valence-corrected chi connectivity index (χ1v) is 9.53. The van der Waals surface area contributed by atoms with E-state index in [0.717, 1.165) is 22.8 Å². The Morgan fingerprint density at radius 3 is 2.73 bits per heavy atom. The lowest BCUT2D eigenvalue weighted by Gasteiger charge is -2.10. The lowest BCUT2D eigenvalue weighted by atomic mass is 10.1. The highest BCUT2D eigenvalue weighted by Crippen LogP contribution is 2.22. The molecule has 6 heteroatoms. The Labute approximate surface area is 157 Å². The summed E-state index contributed by atoms with van der Waals surface area (Å²) in [6, 6.07) is 16.4. The molecule has 2 aromatic carbocycles. The first-order chi connectivity index (χ1) is 12.6. The summed E-state index contributed by atoms with van der Waals surface area (Å²) in [4.78, 5) is 12.1. The van der Waals surface area contributed by atoms with Gasteiger partial charge in [0.25, 0.3) is 0 Å². The van der Waals surface area contributed by atoms with Crippen molar-refractivity contribution in [2.75, 3.05) is 12.3 Å². The lowest BCUT2D eigenvalue weighted by Crippen LogP contribution is -2.27. The molecule has 0 fully saturated rings. The normalized spacial score (nSPS) is 10.7. The first-order valence-electron chi connectivity index (χ1n) is 8.54. The summed E-state index contributed by atoms with van der Waals surface area (Å²) in [5, 5.41) is 11.8. The van der Waals surface area contributed by atoms with Crippen LogP contribution in [0.2, 0.25) is 0 Å². The number of rotatable bonds is 7. The Kier molecular flexibility index (Phi) is 6.07. The van der Waals surface area contributed by atoms with Crippen molar-refractivity contribution >= 4 is 17.7 Å². The third kappa shape index (κ3) is 4.73. The third-order valence-electron chi connectivity index (χ3n) is 4.04. The van der Waals surface area contributed by atoms with Crippen molar-refractivity contribution in [3.05, 3.63) is 71.5 Å². The van der Waals surface area contributed by atoms with Crippen LogP contribution in [0.3, 0.4) is 0 Å². The summed E-state index contributed by atoms with van der Waals surface area (Å²) in [7, 11) is 0. The average molecular weight is 366 g/mol. The third-order valence-corrected chi connectivity index (χ3v) is 4.98. The van der Waals surface area contributed by atoms with Crippen LogP contribution in [0.25, 0.3) is 5.69 Å². The van der Waals surface area contributed by atoms with Crippen molar-refractivity contribution in [2.24, 2.45) is 0 Å². The van der Waals surface area contributed by atoms with Crippen LogP contribution in [0.1, 0.15) is 16.7 Å². The van der Waals surface area contributed by atoms with Gasteiger partial charge in [-0.15, -0.1) is 10.2 Å². The number of nitrogens with zero attached hydrogens (tertiary/aromatic N) is 3. The van der Waals surface area contributed by atoms with Crippen LogP contribution < -0.4 is 5.32 Å². The van der Waals surface area contributed by atoms with E-state index in [4.69, 9.17) is 0 Å². The highest BCUT2D eigenvalue weighted by atomic mass is 32.2. The van der Waals surface area contributed by atoms with Gasteiger partial charge < -0.3 is 5.32 Å². The number of aromatic nitrogens is 3. The van der Waals surface area contributed by atoms with Crippen LogP contribution in [0.5, 0.6) is 0 Å². The summed E-state index contributed by atoms with van der Waals surface area (Å²) in [6.45, 7) is 4.76. The predicted molar refractivity (Wildman–Crippen MR) is 105 cm³/mol. The van der Waals surface area contributed by atoms with Crippen LogP contribution >= 0.6 is 11.8 Å². The van der Waals surface area contributed by atoms with Crippen LogP contribution in [-0.2, 0) is 11.2 Å². The summed E-state index contributed by atoms with van der Waals surface area (Å²) in [6.07, 6.45) is 2.52. The minimum Gasteiger partial charge on any atom is -0.355 e. The molecule has 0 saturated heterocycles. The molecule has 0 atom stereocenters. The van der Waals surface area contributed by atoms with E-state index in [9.17, 15) is 4.79 Å². The van der Waals surface area contributed by atoms with E-state index >= 15 is 0 Å². The molecule has 0 spiro atoms. The molecule has 0 saturated carbocycles. The Morgan fingerprint density at radius 1 is 1.15 bits per heavy atom. The highest BCUT2D eigenvalue weighted by Gasteiger charge is 2.11. The molecule has 1 N–H and O–H groups in total. The molecule has 1 heterocycles. The number of carbonyl (C=O) groups is 1. The SMILES string of the molecule is Cc1ccc(-n2cnnc2SCC(=O)NCCc2ccccc2)c(C)c1. The van der Waals surface area contributed by atoms with E-state index in [2.05, 4.69) is 59.7 Å². The van der Waals surface area contributed by atoms with Crippen molar-refractivity contribution < 1.29 is 4.79 Å². The Hall–Kier alpha value is -2.60. The molecule has 134 valence electrons. The number of carbonyl (C=O) groups excluding carboxylic acids is 1. The molecule has 26 heavy (non-hydrogen) atoms. The smallest absolute Gasteiger partial charge is 0.230 e. The van der Waals surface area contributed by atoms with Gasteiger partial charge in [0.05, 0.1) is 11.4 Å². The minimum atomic E-state index is 0.00103. The molecule has 0 unspecified atom stereocenters. The van der Waals surface area contributed by atoms with Gasteiger partial charge in [0.2, 0.25) is 5.91 Å². The van der Waals surface area contributed by atoms with Crippen molar-refractivity contribution in [2.45, 2.75) is 25.4 Å². The van der Waals surface area contributed by atoms with Crippen LogP contribution in [0, 0.1) is 13.8 Å². The molecule has 0 radical (unpaired) electrons. The Morgan fingerprint density at radius 2 is 1.96 bits per heavy atom. The molecular weight excluding hydrogens is 344 g/mol. The zero-order valence-corrected chi connectivity index (χ0v) is 15.8. The number of hydrogen-bond donors (Lipinski definition) is 1. The van der Waals surface area contributed by atoms with E-state index in [1.165, 1.54) is 22.9 Å².